The monoisotopic (exact) mass is 282 g/mol. The number of rotatable bonds is 2. The highest BCUT2D eigenvalue weighted by molar-refractivity contribution is 5.56. The highest BCUT2D eigenvalue weighted by Crippen LogP contribution is 2.20. The lowest BCUT2D eigenvalue weighted by atomic mass is 10.2. The van der Waals surface area contributed by atoms with Gasteiger partial charge in [0.05, 0.1) is 5.69 Å². The highest BCUT2D eigenvalue weighted by Gasteiger charge is 2.20. The van der Waals surface area contributed by atoms with Crippen molar-refractivity contribution in [2.45, 2.75) is 0 Å². The minimum atomic E-state index is -0.202. The molecule has 21 heavy (non-hydrogen) atoms. The van der Waals surface area contributed by atoms with Crippen molar-refractivity contribution in [3.05, 3.63) is 46.5 Å². The van der Waals surface area contributed by atoms with E-state index < -0.39 is 0 Å². The van der Waals surface area contributed by atoms with Gasteiger partial charge in [0.1, 0.15) is 11.9 Å². The third-order valence-corrected chi connectivity index (χ3v) is 3.50. The van der Waals surface area contributed by atoms with Crippen molar-refractivity contribution in [1.29, 1.82) is 5.26 Å². The van der Waals surface area contributed by atoms with E-state index in [1.165, 1.54) is 6.07 Å². The molecule has 0 bridgehead atoms. The average Bonchev–Trinajstić information content (AvgIpc) is 2.56. The van der Waals surface area contributed by atoms with Crippen LogP contribution in [0.25, 0.3) is 0 Å². The first-order valence-electron chi connectivity index (χ1n) is 6.68. The second-order valence-electron chi connectivity index (χ2n) is 4.74. The maximum absolute atomic E-state index is 11.0. The summed E-state index contributed by atoms with van der Waals surface area (Å²) < 4.78 is 0. The summed E-state index contributed by atoms with van der Waals surface area (Å²) in [6.45, 7) is 3.11. The minimum absolute atomic E-state index is 0.202. The third-order valence-electron chi connectivity index (χ3n) is 3.50. The summed E-state index contributed by atoms with van der Waals surface area (Å²) in [5.74, 6) is 0.765. The quantitative estimate of drug-likeness (QED) is 0.855. The van der Waals surface area contributed by atoms with Gasteiger partial charge < -0.3 is 9.80 Å². The minimum Gasteiger partial charge on any atom is -0.366 e. The Morgan fingerprint density at radius 1 is 1.14 bits per heavy atom. The number of nitrogens with one attached hydrogen (secondary N) is 1. The first kappa shape index (κ1) is 13.1. The number of hydrogen-bond acceptors (Lipinski definition) is 6. The number of aromatic nitrogens is 3. The number of aromatic amines is 1. The van der Waals surface area contributed by atoms with Crippen LogP contribution >= 0.6 is 0 Å². The van der Waals surface area contributed by atoms with E-state index in [9.17, 15) is 4.79 Å². The summed E-state index contributed by atoms with van der Waals surface area (Å²) >= 11 is 0. The molecule has 0 saturated carbocycles. The molecule has 7 nitrogen and oxygen atoms in total. The topological polar surface area (TPSA) is 88.9 Å². The highest BCUT2D eigenvalue weighted by atomic mass is 16.1. The molecule has 0 amide bonds. The first-order chi connectivity index (χ1) is 10.3. The van der Waals surface area contributed by atoms with Crippen LogP contribution in [-0.4, -0.2) is 41.4 Å². The number of nitriles is 1. The largest absolute Gasteiger partial charge is 0.366 e. The molecule has 106 valence electrons. The third kappa shape index (κ3) is 2.69. The molecule has 7 heteroatoms. The molecule has 1 saturated heterocycles. The van der Waals surface area contributed by atoms with Crippen molar-refractivity contribution < 1.29 is 0 Å². The van der Waals surface area contributed by atoms with Crippen molar-refractivity contribution in [2.75, 3.05) is 36.0 Å². The second-order valence-corrected chi connectivity index (χ2v) is 4.74. The van der Waals surface area contributed by atoms with Crippen molar-refractivity contribution in [3.63, 3.8) is 0 Å². The van der Waals surface area contributed by atoms with Crippen LogP contribution in [0.4, 0.5) is 11.5 Å². The van der Waals surface area contributed by atoms with E-state index in [1.807, 2.05) is 12.1 Å². The summed E-state index contributed by atoms with van der Waals surface area (Å²) in [6.07, 6.45) is 1.63. The lowest BCUT2D eigenvalue weighted by Gasteiger charge is -2.36. The molecule has 1 aliphatic heterocycles. The lowest BCUT2D eigenvalue weighted by molar-refractivity contribution is 0.641. The van der Waals surface area contributed by atoms with Crippen molar-refractivity contribution in [2.24, 2.45) is 0 Å². The number of H-pyrrole nitrogens is 1. The zero-order valence-electron chi connectivity index (χ0n) is 11.4. The zero-order valence-corrected chi connectivity index (χ0v) is 11.4. The molecule has 0 aliphatic carbocycles. The van der Waals surface area contributed by atoms with E-state index in [1.54, 1.807) is 12.3 Å². The van der Waals surface area contributed by atoms with E-state index in [2.05, 4.69) is 31.1 Å². The Morgan fingerprint density at radius 3 is 2.57 bits per heavy atom. The van der Waals surface area contributed by atoms with Crippen LogP contribution in [0.5, 0.6) is 0 Å². The molecule has 2 aromatic heterocycles. The van der Waals surface area contributed by atoms with Crippen LogP contribution in [0.2, 0.25) is 0 Å². The van der Waals surface area contributed by atoms with E-state index in [0.717, 1.165) is 37.7 Å². The van der Waals surface area contributed by atoms with Crippen LogP contribution in [0, 0.1) is 11.3 Å². The smallest absolute Gasteiger partial charge is 0.264 e. The van der Waals surface area contributed by atoms with E-state index in [-0.39, 0.29) is 5.56 Å². The molecule has 2 aromatic rings. The Bertz CT molecular complexity index is 706. The summed E-state index contributed by atoms with van der Waals surface area (Å²) in [7, 11) is 0. The Hall–Kier alpha value is -2.88. The molecule has 0 unspecified atom stereocenters. The van der Waals surface area contributed by atoms with Gasteiger partial charge >= 0.3 is 0 Å². The molecule has 0 atom stereocenters. The summed E-state index contributed by atoms with van der Waals surface area (Å²) in [5, 5.41) is 15.6. The van der Waals surface area contributed by atoms with E-state index in [4.69, 9.17) is 5.26 Å². The fourth-order valence-corrected chi connectivity index (χ4v) is 2.43. The van der Waals surface area contributed by atoms with Gasteiger partial charge in [-0.1, -0.05) is 0 Å². The zero-order chi connectivity index (χ0) is 14.7. The van der Waals surface area contributed by atoms with Gasteiger partial charge in [-0.15, -0.1) is 0 Å². The Kier molecular flexibility index (Phi) is 3.51. The van der Waals surface area contributed by atoms with Gasteiger partial charge in [-0.2, -0.15) is 10.4 Å². The van der Waals surface area contributed by atoms with Crippen molar-refractivity contribution in [1.82, 2.24) is 15.2 Å². The molecule has 0 aromatic carbocycles. The Morgan fingerprint density at radius 2 is 1.90 bits per heavy atom. The normalized spacial score (nSPS) is 14.8. The van der Waals surface area contributed by atoms with E-state index in [0.29, 0.717) is 5.69 Å². The van der Waals surface area contributed by atoms with Crippen molar-refractivity contribution >= 4 is 11.5 Å². The van der Waals surface area contributed by atoms with Gasteiger partial charge in [0.2, 0.25) is 0 Å². The van der Waals surface area contributed by atoms with Gasteiger partial charge in [0.15, 0.2) is 5.69 Å². The lowest BCUT2D eigenvalue weighted by Crippen LogP contribution is -2.47. The van der Waals surface area contributed by atoms with Gasteiger partial charge in [-0.3, -0.25) is 4.79 Å². The second kappa shape index (κ2) is 5.63. The van der Waals surface area contributed by atoms with Gasteiger partial charge in [-0.25, -0.2) is 10.1 Å². The van der Waals surface area contributed by atoms with Gasteiger partial charge in [-0.05, 0) is 18.2 Å². The predicted molar refractivity (Wildman–Crippen MR) is 78.2 cm³/mol. The number of piperazine rings is 1. The molecular formula is C14H14N6O. The fourth-order valence-electron chi connectivity index (χ4n) is 2.43. The van der Waals surface area contributed by atoms with Crippen LogP contribution in [0.1, 0.15) is 5.69 Å². The summed E-state index contributed by atoms with van der Waals surface area (Å²) in [6, 6.07) is 9.08. The summed E-state index contributed by atoms with van der Waals surface area (Å²) in [5.41, 5.74) is 1.12. The van der Waals surface area contributed by atoms with Gasteiger partial charge in [0, 0.05) is 38.4 Å². The van der Waals surface area contributed by atoms with Gasteiger partial charge in [0.25, 0.3) is 5.56 Å². The standard InChI is InChI=1S/C14H14N6O/c15-10-11-12(2-1-5-16-11)19-6-8-20(9-7-19)13-3-4-14(21)18-17-13/h1-5H,6-9H2,(H,18,21). The SMILES string of the molecule is N#Cc1ncccc1N1CCN(c2ccc(=O)[nH]n2)CC1. The first-order valence-corrected chi connectivity index (χ1v) is 6.68. The Balaban J connectivity index is 1.72. The molecule has 1 aliphatic rings. The molecule has 1 N–H and O–H groups in total. The van der Waals surface area contributed by atoms with Crippen LogP contribution in [0.15, 0.2) is 35.3 Å². The van der Waals surface area contributed by atoms with Crippen LogP contribution in [-0.2, 0) is 0 Å². The number of hydrogen-bond donors (Lipinski definition) is 1. The molecule has 0 radical (unpaired) electrons. The maximum Gasteiger partial charge on any atom is 0.264 e. The molecular weight excluding hydrogens is 268 g/mol. The average molecular weight is 282 g/mol. The van der Waals surface area contributed by atoms with Crippen LogP contribution in [0.3, 0.4) is 0 Å². The van der Waals surface area contributed by atoms with E-state index >= 15 is 0 Å². The molecule has 1 fully saturated rings. The molecule has 0 spiro atoms. The molecule has 3 heterocycles. The summed E-state index contributed by atoms with van der Waals surface area (Å²) in [4.78, 5) is 19.4. The number of anilines is 2. The Labute approximate surface area is 121 Å². The fraction of sp³-hybridized carbons (Fsp3) is 0.286. The molecule has 3 rings (SSSR count). The number of nitrogens with zero attached hydrogens (tertiary/aromatic N) is 5. The number of pyridine rings is 1. The maximum atomic E-state index is 11.0. The van der Waals surface area contributed by atoms with Crippen molar-refractivity contribution in [3.8, 4) is 6.07 Å². The van der Waals surface area contributed by atoms with Crippen LogP contribution < -0.4 is 15.4 Å². The predicted octanol–water partition coefficient (Wildman–Crippen LogP) is 0.363.